The van der Waals surface area contributed by atoms with Crippen LogP contribution >= 0.6 is 0 Å². The lowest BCUT2D eigenvalue weighted by Gasteiger charge is -2.33. The third kappa shape index (κ3) is 7.75. The first kappa shape index (κ1) is 25.0. The number of halogens is 5. The Bertz CT molecular complexity index is 772. The number of likely N-dealkylation sites (tertiary alicyclic amines) is 1. The fraction of sp³-hybridized carbons (Fsp3) is 0.619. The van der Waals surface area contributed by atoms with E-state index in [0.717, 1.165) is 6.07 Å². The summed E-state index contributed by atoms with van der Waals surface area (Å²) in [5.74, 6) is -4.17. The van der Waals surface area contributed by atoms with Gasteiger partial charge in [0, 0.05) is 49.6 Å². The molecule has 0 saturated carbocycles. The summed E-state index contributed by atoms with van der Waals surface area (Å²) in [7, 11) is 0. The second-order valence-corrected chi connectivity index (χ2v) is 8.93. The molecule has 2 amide bonds. The smallest absolute Gasteiger partial charge is 0.343 e. The SMILES string of the molecule is CC(C)(N)CC(=O)N1CCC(CC(=O)Nc2cc(C(C)(F)F)cc(C(F)(F)F)c2)CC1. The molecule has 0 bridgehead atoms. The Labute approximate surface area is 178 Å². The molecule has 1 aliphatic heterocycles. The van der Waals surface area contributed by atoms with Crippen LogP contribution in [0, 0.1) is 5.92 Å². The van der Waals surface area contributed by atoms with E-state index in [9.17, 15) is 31.5 Å². The van der Waals surface area contributed by atoms with Gasteiger partial charge in [-0.2, -0.15) is 13.2 Å². The van der Waals surface area contributed by atoms with Gasteiger partial charge in [-0.25, -0.2) is 8.78 Å². The molecule has 0 aromatic heterocycles. The monoisotopic (exact) mass is 449 g/mol. The van der Waals surface area contributed by atoms with Gasteiger partial charge in [-0.3, -0.25) is 9.59 Å². The molecule has 1 saturated heterocycles. The van der Waals surface area contributed by atoms with Crippen molar-refractivity contribution in [3.63, 3.8) is 0 Å². The molecule has 1 fully saturated rings. The summed E-state index contributed by atoms with van der Waals surface area (Å²) >= 11 is 0. The number of nitrogens with zero attached hydrogens (tertiary/aromatic N) is 1. The van der Waals surface area contributed by atoms with E-state index < -0.39 is 34.7 Å². The Kier molecular flexibility index (Phi) is 7.35. The summed E-state index contributed by atoms with van der Waals surface area (Å²) in [5, 5.41) is 2.31. The van der Waals surface area contributed by atoms with Crippen LogP contribution in [0.25, 0.3) is 0 Å². The summed E-state index contributed by atoms with van der Waals surface area (Å²) in [5.41, 5.74) is 2.84. The first-order valence-electron chi connectivity index (χ1n) is 10.0. The van der Waals surface area contributed by atoms with Crippen LogP contribution in [0.5, 0.6) is 0 Å². The number of piperidine rings is 1. The van der Waals surface area contributed by atoms with Gasteiger partial charge in [-0.1, -0.05) is 0 Å². The highest BCUT2D eigenvalue weighted by Gasteiger charge is 2.35. The zero-order chi connectivity index (χ0) is 23.6. The molecule has 31 heavy (non-hydrogen) atoms. The van der Waals surface area contributed by atoms with Crippen molar-refractivity contribution in [3.05, 3.63) is 29.3 Å². The van der Waals surface area contributed by atoms with E-state index in [1.807, 2.05) is 0 Å². The van der Waals surface area contributed by atoms with E-state index in [4.69, 9.17) is 5.73 Å². The number of carbonyl (C=O) groups excluding carboxylic acids is 2. The van der Waals surface area contributed by atoms with Crippen molar-refractivity contribution in [1.82, 2.24) is 4.90 Å². The molecule has 1 aromatic rings. The summed E-state index contributed by atoms with van der Waals surface area (Å²) in [6.07, 6.45) is -3.47. The Balaban J connectivity index is 1.98. The molecule has 0 spiro atoms. The van der Waals surface area contributed by atoms with Gasteiger partial charge in [0.1, 0.15) is 0 Å². The molecule has 0 unspecified atom stereocenters. The Morgan fingerprint density at radius 1 is 1.03 bits per heavy atom. The normalized spacial score (nSPS) is 16.4. The quantitative estimate of drug-likeness (QED) is 0.628. The van der Waals surface area contributed by atoms with Gasteiger partial charge < -0.3 is 16.0 Å². The third-order valence-corrected chi connectivity index (χ3v) is 5.10. The number of rotatable bonds is 6. The average Bonchev–Trinajstić information content (AvgIpc) is 2.59. The Hall–Kier alpha value is -2.23. The maximum atomic E-state index is 13.6. The highest BCUT2D eigenvalue weighted by Crippen LogP contribution is 2.36. The van der Waals surface area contributed by atoms with Crippen LogP contribution in [-0.2, 0) is 21.7 Å². The molecule has 0 radical (unpaired) electrons. The molecule has 1 aliphatic rings. The number of amides is 2. The number of hydrogen-bond acceptors (Lipinski definition) is 3. The van der Waals surface area contributed by atoms with Gasteiger partial charge in [-0.05, 0) is 50.8 Å². The average molecular weight is 449 g/mol. The summed E-state index contributed by atoms with van der Waals surface area (Å²) in [4.78, 5) is 26.2. The summed E-state index contributed by atoms with van der Waals surface area (Å²) < 4.78 is 66.4. The molecule has 3 N–H and O–H groups in total. The van der Waals surface area contributed by atoms with Crippen molar-refractivity contribution in [3.8, 4) is 0 Å². The molecule has 2 rings (SSSR count). The maximum Gasteiger partial charge on any atom is 0.416 e. The van der Waals surface area contributed by atoms with Crippen LogP contribution in [0.2, 0.25) is 0 Å². The molecule has 0 atom stereocenters. The fourth-order valence-corrected chi connectivity index (χ4v) is 3.48. The number of nitrogens with two attached hydrogens (primary N) is 1. The molecule has 1 heterocycles. The van der Waals surface area contributed by atoms with Crippen LogP contribution in [0.3, 0.4) is 0 Å². The van der Waals surface area contributed by atoms with Crippen molar-refractivity contribution in [2.75, 3.05) is 18.4 Å². The fourth-order valence-electron chi connectivity index (χ4n) is 3.48. The summed E-state index contributed by atoms with van der Waals surface area (Å²) in [6.45, 7) is 4.94. The van der Waals surface area contributed by atoms with Gasteiger partial charge >= 0.3 is 6.18 Å². The Morgan fingerprint density at radius 3 is 2.06 bits per heavy atom. The standard InChI is InChI=1S/C21H28F5N3O2/c1-19(2,27)12-18(31)29-6-4-13(5-7-29)8-17(30)28-16-10-14(20(3,22)23)9-15(11-16)21(24,25)26/h9-11,13H,4-8,12,27H2,1-3H3,(H,28,30). The minimum atomic E-state index is -4.82. The van der Waals surface area contributed by atoms with E-state index in [2.05, 4.69) is 5.32 Å². The lowest BCUT2D eigenvalue weighted by molar-refractivity contribution is -0.138. The second-order valence-electron chi connectivity index (χ2n) is 8.93. The van der Waals surface area contributed by atoms with Gasteiger partial charge in [0.15, 0.2) is 0 Å². The predicted octanol–water partition coefficient (Wildman–Crippen LogP) is 4.51. The van der Waals surface area contributed by atoms with Crippen molar-refractivity contribution >= 4 is 17.5 Å². The van der Waals surface area contributed by atoms with Gasteiger partial charge in [0.25, 0.3) is 5.92 Å². The van der Waals surface area contributed by atoms with E-state index in [1.165, 1.54) is 0 Å². The van der Waals surface area contributed by atoms with E-state index in [0.29, 0.717) is 45.0 Å². The highest BCUT2D eigenvalue weighted by molar-refractivity contribution is 5.91. The van der Waals surface area contributed by atoms with Gasteiger partial charge in [0.2, 0.25) is 11.8 Å². The highest BCUT2D eigenvalue weighted by atomic mass is 19.4. The number of nitrogens with one attached hydrogen (secondary N) is 1. The van der Waals surface area contributed by atoms with Crippen LogP contribution in [0.1, 0.15) is 57.6 Å². The second kappa shape index (κ2) is 9.10. The van der Waals surface area contributed by atoms with Crippen LogP contribution in [0.4, 0.5) is 27.6 Å². The molecule has 10 heteroatoms. The molecular formula is C21H28F5N3O2. The van der Waals surface area contributed by atoms with Crippen molar-refractivity contribution in [2.24, 2.45) is 11.7 Å². The van der Waals surface area contributed by atoms with Crippen LogP contribution in [0.15, 0.2) is 18.2 Å². The lowest BCUT2D eigenvalue weighted by atomic mass is 9.92. The maximum absolute atomic E-state index is 13.6. The number of benzene rings is 1. The predicted molar refractivity (Wildman–Crippen MR) is 106 cm³/mol. The lowest BCUT2D eigenvalue weighted by Crippen LogP contribution is -2.44. The molecular weight excluding hydrogens is 421 g/mol. The largest absolute Gasteiger partial charge is 0.416 e. The molecule has 174 valence electrons. The minimum Gasteiger partial charge on any atom is -0.343 e. The Morgan fingerprint density at radius 2 is 1.58 bits per heavy atom. The zero-order valence-electron chi connectivity index (χ0n) is 17.8. The number of anilines is 1. The van der Waals surface area contributed by atoms with Crippen LogP contribution < -0.4 is 11.1 Å². The van der Waals surface area contributed by atoms with Crippen molar-refractivity contribution in [1.29, 1.82) is 0 Å². The van der Waals surface area contributed by atoms with E-state index in [-0.39, 0.29) is 30.4 Å². The summed E-state index contributed by atoms with van der Waals surface area (Å²) in [6, 6.07) is 1.87. The first-order chi connectivity index (χ1) is 14.0. The van der Waals surface area contributed by atoms with Crippen molar-refractivity contribution < 1.29 is 31.5 Å². The van der Waals surface area contributed by atoms with E-state index >= 15 is 0 Å². The topological polar surface area (TPSA) is 75.4 Å². The minimum absolute atomic E-state index is 0.0263. The molecule has 5 nitrogen and oxygen atoms in total. The van der Waals surface area contributed by atoms with Gasteiger partial charge in [-0.15, -0.1) is 0 Å². The van der Waals surface area contributed by atoms with Gasteiger partial charge in [0.05, 0.1) is 5.56 Å². The zero-order valence-corrected chi connectivity index (χ0v) is 17.8. The van der Waals surface area contributed by atoms with E-state index in [1.54, 1.807) is 18.7 Å². The first-order valence-corrected chi connectivity index (χ1v) is 10.0. The van der Waals surface area contributed by atoms with Crippen molar-refractivity contribution in [2.45, 2.75) is 64.1 Å². The number of carbonyl (C=O) groups is 2. The van der Waals surface area contributed by atoms with Crippen LogP contribution in [-0.4, -0.2) is 35.3 Å². The molecule has 0 aliphatic carbocycles. The third-order valence-electron chi connectivity index (χ3n) is 5.10. The number of alkyl halides is 5. The molecule has 1 aromatic carbocycles. The number of hydrogen-bond donors (Lipinski definition) is 2.